The van der Waals surface area contributed by atoms with Crippen molar-refractivity contribution in [2.24, 2.45) is 5.92 Å². The lowest BCUT2D eigenvalue weighted by Gasteiger charge is -2.45. The molecule has 0 bridgehead atoms. The van der Waals surface area contributed by atoms with Crippen LogP contribution in [0.15, 0.2) is 60.7 Å². The molecule has 0 aromatic heterocycles. The molecule has 1 N–H and O–H groups in total. The Hall–Kier alpha value is -3.36. The number of carboxylic acids is 1. The van der Waals surface area contributed by atoms with Crippen LogP contribution in [0, 0.1) is 17.6 Å². The van der Waals surface area contributed by atoms with Crippen molar-refractivity contribution in [3.8, 4) is 0 Å². The van der Waals surface area contributed by atoms with Crippen LogP contribution in [0.25, 0.3) is 10.8 Å². The number of hydrogen-bond acceptors (Lipinski definition) is 4. The number of amides is 1. The number of likely N-dealkylation sites (tertiary alicyclic amines) is 1. The van der Waals surface area contributed by atoms with Crippen LogP contribution in [0.5, 0.6) is 0 Å². The molecule has 2 aliphatic rings. The lowest BCUT2D eigenvalue weighted by Crippen LogP contribution is -2.60. The molecule has 230 valence electrons. The normalized spacial score (nSPS) is 22.7. The highest BCUT2D eigenvalue weighted by atomic mass is 19.1. The van der Waals surface area contributed by atoms with Gasteiger partial charge in [0.2, 0.25) is 5.91 Å². The van der Waals surface area contributed by atoms with E-state index in [4.69, 9.17) is 0 Å². The van der Waals surface area contributed by atoms with Gasteiger partial charge < -0.3 is 10.0 Å². The quantitative estimate of drug-likeness (QED) is 0.351. The van der Waals surface area contributed by atoms with Gasteiger partial charge in [-0.3, -0.25) is 19.4 Å². The molecule has 8 heteroatoms. The molecule has 5 rings (SSSR count). The van der Waals surface area contributed by atoms with Crippen LogP contribution in [-0.2, 0) is 16.0 Å². The minimum atomic E-state index is -0.869. The summed E-state index contributed by atoms with van der Waals surface area (Å²) >= 11 is 0. The van der Waals surface area contributed by atoms with E-state index in [0.717, 1.165) is 35.2 Å². The molecule has 2 saturated heterocycles. The van der Waals surface area contributed by atoms with E-state index in [1.54, 1.807) is 0 Å². The molecule has 2 fully saturated rings. The highest BCUT2D eigenvalue weighted by molar-refractivity contribution is 5.83. The zero-order valence-corrected chi connectivity index (χ0v) is 25.6. The summed E-state index contributed by atoms with van der Waals surface area (Å²) in [6.07, 6.45) is 1.97. The van der Waals surface area contributed by atoms with Crippen molar-refractivity contribution >= 4 is 22.6 Å². The maximum atomic E-state index is 15.0. The molecular weight excluding hydrogens is 548 g/mol. The van der Waals surface area contributed by atoms with Gasteiger partial charge in [-0.05, 0) is 61.6 Å². The minimum absolute atomic E-state index is 0.0278. The molecule has 3 aromatic carbocycles. The third-order valence-corrected chi connectivity index (χ3v) is 9.34. The predicted octanol–water partition coefficient (Wildman–Crippen LogP) is 5.94. The Morgan fingerprint density at radius 2 is 1.70 bits per heavy atom. The Morgan fingerprint density at radius 1 is 0.953 bits per heavy atom. The van der Waals surface area contributed by atoms with Gasteiger partial charge in [-0.2, -0.15) is 0 Å². The number of benzene rings is 3. The molecule has 1 amide bonds. The van der Waals surface area contributed by atoms with Gasteiger partial charge in [0.05, 0.1) is 5.92 Å². The Bertz CT molecular complexity index is 1470. The average molecular weight is 592 g/mol. The first kappa shape index (κ1) is 31.1. The van der Waals surface area contributed by atoms with Gasteiger partial charge in [-0.15, -0.1) is 0 Å². The summed E-state index contributed by atoms with van der Waals surface area (Å²) in [5.41, 5.74) is 1.12. The summed E-state index contributed by atoms with van der Waals surface area (Å²) in [6, 6.07) is 16.9. The smallest absolute Gasteiger partial charge is 0.321 e. The lowest BCUT2D eigenvalue weighted by atomic mass is 9.86. The summed E-state index contributed by atoms with van der Waals surface area (Å²) in [7, 11) is 0. The zero-order chi connectivity index (χ0) is 30.9. The molecule has 0 aliphatic carbocycles. The highest BCUT2D eigenvalue weighted by Gasteiger charge is 2.46. The summed E-state index contributed by atoms with van der Waals surface area (Å²) in [4.78, 5) is 33.0. The molecule has 0 spiro atoms. The molecule has 3 aromatic rings. The molecule has 43 heavy (non-hydrogen) atoms. The zero-order valence-electron chi connectivity index (χ0n) is 25.6. The van der Waals surface area contributed by atoms with Gasteiger partial charge in [0.25, 0.3) is 0 Å². The van der Waals surface area contributed by atoms with Crippen LogP contribution in [0.2, 0.25) is 0 Å². The van der Waals surface area contributed by atoms with Crippen molar-refractivity contribution in [2.75, 3.05) is 32.7 Å². The largest absolute Gasteiger partial charge is 0.480 e. The third-order valence-electron chi connectivity index (χ3n) is 9.34. The maximum Gasteiger partial charge on any atom is 0.321 e. The van der Waals surface area contributed by atoms with Crippen molar-refractivity contribution in [1.82, 2.24) is 14.7 Å². The first-order chi connectivity index (χ1) is 20.5. The van der Waals surface area contributed by atoms with Crippen molar-refractivity contribution < 1.29 is 23.5 Å². The van der Waals surface area contributed by atoms with Crippen LogP contribution >= 0.6 is 0 Å². The Kier molecular flexibility index (Phi) is 9.18. The summed E-state index contributed by atoms with van der Waals surface area (Å²) < 4.78 is 28.8. The van der Waals surface area contributed by atoms with Crippen LogP contribution in [0.4, 0.5) is 8.78 Å². The number of carbonyl (C=O) groups is 2. The molecule has 2 aliphatic heterocycles. The van der Waals surface area contributed by atoms with Gasteiger partial charge in [0.15, 0.2) is 0 Å². The molecular formula is C35H43F2N3O3. The predicted molar refractivity (Wildman–Crippen MR) is 165 cm³/mol. The topological polar surface area (TPSA) is 64.1 Å². The molecule has 2 heterocycles. The molecule has 0 radical (unpaired) electrons. The van der Waals surface area contributed by atoms with E-state index < -0.39 is 35.5 Å². The van der Waals surface area contributed by atoms with Crippen LogP contribution < -0.4 is 0 Å². The van der Waals surface area contributed by atoms with E-state index in [1.807, 2.05) is 46.2 Å². The monoisotopic (exact) mass is 591 g/mol. The van der Waals surface area contributed by atoms with Crippen molar-refractivity contribution in [3.05, 3.63) is 83.4 Å². The summed E-state index contributed by atoms with van der Waals surface area (Å²) in [5.74, 6) is -3.02. The maximum absolute atomic E-state index is 15.0. The van der Waals surface area contributed by atoms with Crippen LogP contribution in [0.3, 0.4) is 0 Å². The summed E-state index contributed by atoms with van der Waals surface area (Å²) in [5, 5.41) is 12.5. The number of carboxylic acid groups (broad SMARTS) is 1. The number of fused-ring (bicyclic) bond motifs is 1. The first-order valence-electron chi connectivity index (χ1n) is 15.4. The van der Waals surface area contributed by atoms with Gasteiger partial charge in [0, 0.05) is 56.3 Å². The van der Waals surface area contributed by atoms with E-state index in [2.05, 4.69) is 38.7 Å². The molecule has 6 nitrogen and oxygen atoms in total. The SMILES string of the molecule is CCC[C@H]1CN(C(Cc2ccc3ccccc3c2)C(=O)O)CCN1C(=O)[C@@H]1CN(C(C)(C)C)C[C@H]1c1ccc(F)cc1F. The van der Waals surface area contributed by atoms with Gasteiger partial charge in [-0.1, -0.05) is 61.9 Å². The third kappa shape index (κ3) is 6.75. The number of rotatable bonds is 8. The fraction of sp³-hybridized carbons (Fsp3) is 0.486. The number of aliphatic carboxylic acids is 1. The van der Waals surface area contributed by atoms with E-state index in [9.17, 15) is 19.1 Å². The number of halogens is 2. The minimum Gasteiger partial charge on any atom is -0.480 e. The average Bonchev–Trinajstić information content (AvgIpc) is 3.41. The Balaban J connectivity index is 1.37. The fourth-order valence-electron chi connectivity index (χ4n) is 6.93. The molecule has 4 atom stereocenters. The van der Waals surface area contributed by atoms with Gasteiger partial charge >= 0.3 is 5.97 Å². The Labute approximate surface area is 253 Å². The number of nitrogens with zero attached hydrogens (tertiary/aromatic N) is 3. The van der Waals surface area contributed by atoms with Gasteiger partial charge in [0.1, 0.15) is 17.7 Å². The van der Waals surface area contributed by atoms with Crippen LogP contribution in [-0.4, -0.2) is 82.0 Å². The number of hydrogen-bond donors (Lipinski definition) is 1. The van der Waals surface area contributed by atoms with Crippen LogP contribution in [0.1, 0.15) is 57.6 Å². The molecule has 1 unspecified atom stereocenters. The molecule has 0 saturated carbocycles. The number of piperazine rings is 1. The van der Waals surface area contributed by atoms with Crippen molar-refractivity contribution in [1.29, 1.82) is 0 Å². The highest BCUT2D eigenvalue weighted by Crippen LogP contribution is 2.39. The second-order valence-corrected chi connectivity index (χ2v) is 13.2. The van der Waals surface area contributed by atoms with Gasteiger partial charge in [-0.25, -0.2) is 8.78 Å². The van der Waals surface area contributed by atoms with E-state index in [1.165, 1.54) is 12.1 Å². The number of carbonyl (C=O) groups excluding carboxylic acids is 1. The standard InChI is InChI=1S/C35H43F2N3O3/c1-5-8-27-20-38(32(34(42)43)18-23-11-12-24-9-6-7-10-25(24)17-23)15-16-40(27)33(41)30-22-39(35(2,3)4)21-29(30)28-14-13-26(36)19-31(28)37/h6-7,9-14,17,19,27,29-30,32H,5,8,15-16,18,20-22H2,1-4H3,(H,42,43)/t27-,29-,30+,32?/m0/s1. The van der Waals surface area contributed by atoms with E-state index >= 15 is 4.39 Å². The van der Waals surface area contributed by atoms with Crippen molar-refractivity contribution in [2.45, 2.75) is 70.5 Å². The van der Waals surface area contributed by atoms with E-state index in [0.29, 0.717) is 44.7 Å². The second kappa shape index (κ2) is 12.7. The fourth-order valence-corrected chi connectivity index (χ4v) is 6.93. The summed E-state index contributed by atoms with van der Waals surface area (Å²) in [6.45, 7) is 10.6. The van der Waals surface area contributed by atoms with Crippen molar-refractivity contribution in [3.63, 3.8) is 0 Å². The Morgan fingerprint density at radius 3 is 2.37 bits per heavy atom. The second-order valence-electron chi connectivity index (χ2n) is 13.2. The first-order valence-corrected chi connectivity index (χ1v) is 15.4. The van der Waals surface area contributed by atoms with E-state index in [-0.39, 0.29) is 17.5 Å². The lowest BCUT2D eigenvalue weighted by molar-refractivity contribution is -0.147.